The van der Waals surface area contributed by atoms with Gasteiger partial charge in [0.25, 0.3) is 5.91 Å². The van der Waals surface area contributed by atoms with Gasteiger partial charge in [-0.2, -0.15) is 0 Å². The van der Waals surface area contributed by atoms with Crippen LogP contribution in [-0.2, 0) is 9.47 Å². The minimum absolute atomic E-state index is 0.115. The number of esters is 2. The van der Waals surface area contributed by atoms with E-state index in [1.807, 2.05) is 0 Å². The molecule has 1 amide bonds. The highest BCUT2D eigenvalue weighted by atomic mass is 35.5. The summed E-state index contributed by atoms with van der Waals surface area (Å²) < 4.78 is 15.3. The van der Waals surface area contributed by atoms with Crippen molar-refractivity contribution in [2.45, 2.75) is 20.8 Å². The quantitative estimate of drug-likeness (QED) is 0.664. The summed E-state index contributed by atoms with van der Waals surface area (Å²) >= 11 is 6.93. The van der Waals surface area contributed by atoms with Gasteiger partial charge in [-0.15, -0.1) is 11.3 Å². The third-order valence-electron chi connectivity index (χ3n) is 3.72. The Morgan fingerprint density at radius 1 is 1.11 bits per heavy atom. The fourth-order valence-corrected chi connectivity index (χ4v) is 3.73. The molecule has 2 rings (SSSR count). The maximum Gasteiger partial charge on any atom is 0.348 e. The van der Waals surface area contributed by atoms with Gasteiger partial charge in [-0.05, 0) is 44.5 Å². The zero-order chi connectivity index (χ0) is 20.8. The third-order valence-corrected chi connectivity index (χ3v) is 5.14. The molecule has 0 spiro atoms. The third kappa shape index (κ3) is 4.63. The van der Waals surface area contributed by atoms with Gasteiger partial charge < -0.3 is 19.5 Å². The van der Waals surface area contributed by atoms with Crippen molar-refractivity contribution in [2.24, 2.45) is 0 Å². The molecule has 0 unspecified atom stereocenters. The van der Waals surface area contributed by atoms with Crippen molar-refractivity contribution in [3.8, 4) is 5.75 Å². The minimum atomic E-state index is -0.639. The van der Waals surface area contributed by atoms with E-state index >= 15 is 0 Å². The Kier molecular flexibility index (Phi) is 7.42. The van der Waals surface area contributed by atoms with Crippen molar-refractivity contribution in [2.75, 3.05) is 25.6 Å². The molecule has 0 saturated carbocycles. The highest BCUT2D eigenvalue weighted by Crippen LogP contribution is 2.35. The molecule has 1 heterocycles. The van der Waals surface area contributed by atoms with Gasteiger partial charge in [0.05, 0.1) is 31.5 Å². The lowest BCUT2D eigenvalue weighted by Gasteiger charge is -2.10. The number of amides is 1. The molecule has 2 aromatic rings. The Balaban J connectivity index is 2.47. The summed E-state index contributed by atoms with van der Waals surface area (Å²) in [6.07, 6.45) is 0. The number of nitrogens with one attached hydrogen (secondary N) is 1. The van der Waals surface area contributed by atoms with Crippen molar-refractivity contribution >= 4 is 45.8 Å². The second kappa shape index (κ2) is 9.57. The van der Waals surface area contributed by atoms with Crippen molar-refractivity contribution in [3.63, 3.8) is 0 Å². The molecule has 7 nitrogen and oxygen atoms in total. The minimum Gasteiger partial charge on any atom is -0.496 e. The summed E-state index contributed by atoms with van der Waals surface area (Å²) in [5.74, 6) is -1.43. The highest BCUT2D eigenvalue weighted by molar-refractivity contribution is 7.18. The molecule has 0 radical (unpaired) electrons. The van der Waals surface area contributed by atoms with Crippen LogP contribution < -0.4 is 10.1 Å². The van der Waals surface area contributed by atoms with Crippen LogP contribution in [0.25, 0.3) is 0 Å². The van der Waals surface area contributed by atoms with Crippen LogP contribution in [0.3, 0.4) is 0 Å². The second-order valence-electron chi connectivity index (χ2n) is 5.50. The number of methoxy groups -OCH3 is 1. The Bertz CT molecular complexity index is 908. The Morgan fingerprint density at radius 2 is 1.75 bits per heavy atom. The Hall–Kier alpha value is -2.58. The van der Waals surface area contributed by atoms with Crippen LogP contribution in [-0.4, -0.2) is 38.2 Å². The van der Waals surface area contributed by atoms with E-state index in [9.17, 15) is 14.4 Å². The lowest BCUT2D eigenvalue weighted by molar-refractivity contribution is 0.0527. The molecule has 1 aromatic carbocycles. The largest absolute Gasteiger partial charge is 0.496 e. The first-order chi connectivity index (χ1) is 13.3. The van der Waals surface area contributed by atoms with E-state index in [1.54, 1.807) is 32.9 Å². The highest BCUT2D eigenvalue weighted by Gasteiger charge is 2.28. The molecule has 1 N–H and O–H groups in total. The second-order valence-corrected chi connectivity index (χ2v) is 6.96. The van der Waals surface area contributed by atoms with Gasteiger partial charge in [0.1, 0.15) is 15.6 Å². The topological polar surface area (TPSA) is 90.9 Å². The lowest BCUT2D eigenvalue weighted by Crippen LogP contribution is -2.15. The number of halogens is 1. The summed E-state index contributed by atoms with van der Waals surface area (Å²) in [4.78, 5) is 37.6. The molecule has 9 heteroatoms. The molecule has 150 valence electrons. The zero-order valence-electron chi connectivity index (χ0n) is 15.9. The van der Waals surface area contributed by atoms with Gasteiger partial charge in [0.2, 0.25) is 0 Å². The maximum atomic E-state index is 12.8. The molecule has 0 bridgehead atoms. The van der Waals surface area contributed by atoms with Crippen LogP contribution in [0.5, 0.6) is 5.75 Å². The molecule has 28 heavy (non-hydrogen) atoms. The van der Waals surface area contributed by atoms with Crippen LogP contribution in [0.15, 0.2) is 18.2 Å². The van der Waals surface area contributed by atoms with Crippen LogP contribution in [0, 0.1) is 6.92 Å². The molecule has 0 aliphatic rings. The van der Waals surface area contributed by atoms with Crippen LogP contribution in [0.4, 0.5) is 5.00 Å². The van der Waals surface area contributed by atoms with Gasteiger partial charge in [-0.3, -0.25) is 4.79 Å². The number of carbonyl (C=O) groups excluding carboxylic acids is 3. The molecular formula is C19H20ClNO6S. The number of hydrogen-bond donors (Lipinski definition) is 1. The number of ether oxygens (including phenoxy) is 3. The number of benzene rings is 1. The van der Waals surface area contributed by atoms with Crippen molar-refractivity contribution < 1.29 is 28.6 Å². The Labute approximate surface area is 171 Å². The van der Waals surface area contributed by atoms with Gasteiger partial charge in [0, 0.05) is 5.02 Å². The van der Waals surface area contributed by atoms with Gasteiger partial charge in [-0.1, -0.05) is 11.6 Å². The molecule has 1 aromatic heterocycles. The normalized spacial score (nSPS) is 10.3. The first-order valence-corrected chi connectivity index (χ1v) is 9.65. The molecule has 0 atom stereocenters. The monoisotopic (exact) mass is 425 g/mol. The molecule has 0 aliphatic carbocycles. The zero-order valence-corrected chi connectivity index (χ0v) is 17.5. The lowest BCUT2D eigenvalue weighted by atomic mass is 10.1. The van der Waals surface area contributed by atoms with Crippen LogP contribution >= 0.6 is 22.9 Å². The van der Waals surface area contributed by atoms with E-state index in [4.69, 9.17) is 25.8 Å². The van der Waals surface area contributed by atoms with E-state index in [0.717, 1.165) is 11.3 Å². The summed E-state index contributed by atoms with van der Waals surface area (Å²) in [7, 11) is 1.43. The van der Waals surface area contributed by atoms with E-state index in [0.29, 0.717) is 16.3 Å². The van der Waals surface area contributed by atoms with Crippen molar-refractivity contribution in [1.82, 2.24) is 0 Å². The first kappa shape index (κ1) is 21.7. The van der Waals surface area contributed by atoms with Gasteiger partial charge >= 0.3 is 11.9 Å². The number of thiophene rings is 1. The number of rotatable bonds is 7. The number of hydrogen-bond acceptors (Lipinski definition) is 7. The summed E-state index contributed by atoms with van der Waals surface area (Å²) in [5, 5.41) is 3.20. The Morgan fingerprint density at radius 3 is 2.36 bits per heavy atom. The average molecular weight is 426 g/mol. The fourth-order valence-electron chi connectivity index (χ4n) is 2.47. The maximum absolute atomic E-state index is 12.8. The molecule has 0 aliphatic heterocycles. The van der Waals surface area contributed by atoms with Crippen LogP contribution in [0.1, 0.15) is 49.8 Å². The standard InChI is InChI=1S/C19H20ClNO6S/c1-5-26-18(23)14-10(3)15(19(24)27-6-2)28-17(14)21-16(22)12-9-11(20)7-8-13(12)25-4/h7-9H,5-6H2,1-4H3,(H,21,22). The smallest absolute Gasteiger partial charge is 0.348 e. The summed E-state index contributed by atoms with van der Waals surface area (Å²) in [5.41, 5.74) is 0.688. The van der Waals surface area contributed by atoms with E-state index < -0.39 is 17.8 Å². The van der Waals surface area contributed by atoms with Crippen LogP contribution in [0.2, 0.25) is 5.02 Å². The van der Waals surface area contributed by atoms with Gasteiger partial charge in [-0.25, -0.2) is 9.59 Å². The SMILES string of the molecule is CCOC(=O)c1sc(NC(=O)c2cc(Cl)ccc2OC)c(C(=O)OCC)c1C. The van der Waals surface area contributed by atoms with Gasteiger partial charge in [0.15, 0.2) is 0 Å². The molecule has 0 fully saturated rings. The summed E-state index contributed by atoms with van der Waals surface area (Å²) in [6, 6.07) is 4.61. The predicted octanol–water partition coefficient (Wildman–Crippen LogP) is 4.32. The predicted molar refractivity (Wildman–Crippen MR) is 107 cm³/mol. The summed E-state index contributed by atoms with van der Waals surface area (Å²) in [6.45, 7) is 5.29. The number of anilines is 1. The average Bonchev–Trinajstić information content (AvgIpc) is 2.98. The first-order valence-electron chi connectivity index (χ1n) is 8.46. The molecular weight excluding hydrogens is 406 g/mol. The van der Waals surface area contributed by atoms with Crippen molar-refractivity contribution in [3.05, 3.63) is 44.8 Å². The number of carbonyl (C=O) groups is 3. The fraction of sp³-hybridized carbons (Fsp3) is 0.316. The van der Waals surface area contributed by atoms with Crippen molar-refractivity contribution in [1.29, 1.82) is 0 Å². The van der Waals surface area contributed by atoms with E-state index in [-0.39, 0.29) is 34.2 Å². The molecule has 0 saturated heterocycles. The van der Waals surface area contributed by atoms with E-state index in [2.05, 4.69) is 5.32 Å². The van der Waals surface area contributed by atoms with E-state index in [1.165, 1.54) is 13.2 Å².